The van der Waals surface area contributed by atoms with Gasteiger partial charge in [-0.15, -0.1) is 6.58 Å². The summed E-state index contributed by atoms with van der Waals surface area (Å²) in [6.07, 6.45) is 14.6. The van der Waals surface area contributed by atoms with Crippen molar-refractivity contribution >= 4 is 45.2 Å². The molecule has 0 unspecified atom stereocenters. The van der Waals surface area contributed by atoms with Gasteiger partial charge in [-0.1, -0.05) is 89.8 Å². The van der Waals surface area contributed by atoms with E-state index in [1.165, 1.54) is 66.6 Å². The number of alkyl halides is 2. The number of rotatable bonds is 12. The molecule has 96 valence electrons. The molecule has 0 N–H and O–H groups in total. The molecule has 16 heavy (non-hydrogen) atoms. The summed E-state index contributed by atoms with van der Waals surface area (Å²) >= 11 is 5.05. The molecule has 0 heterocycles. The van der Waals surface area contributed by atoms with Crippen LogP contribution in [0.2, 0.25) is 0 Å². The zero-order chi connectivity index (χ0) is 12.1. The molecule has 0 rings (SSSR count). The van der Waals surface area contributed by atoms with Crippen molar-refractivity contribution in [3.63, 3.8) is 0 Å². The highest BCUT2D eigenvalue weighted by Gasteiger charge is 2.03. The third-order valence-corrected chi connectivity index (χ3v) is 5.45. The Labute approximate surface area is 129 Å². The fraction of sp³-hybridized carbons (Fsp3) is 0.857. The van der Waals surface area contributed by atoms with Crippen molar-refractivity contribution < 1.29 is 0 Å². The molecule has 0 amide bonds. The second-order valence-electron chi connectivity index (χ2n) is 4.52. The van der Waals surface area contributed by atoms with Crippen LogP contribution in [-0.2, 0) is 0 Å². The van der Waals surface area contributed by atoms with Gasteiger partial charge in [0.2, 0.25) is 0 Å². The largest absolute Gasteiger partial charge is 0.103 e. The van der Waals surface area contributed by atoms with Crippen LogP contribution in [0.5, 0.6) is 0 Å². The van der Waals surface area contributed by atoms with Gasteiger partial charge in [0.05, 0.1) is 0 Å². The van der Waals surface area contributed by atoms with Gasteiger partial charge in [0, 0.05) is 8.86 Å². The first-order valence-corrected chi connectivity index (χ1v) is 9.63. The Morgan fingerprint density at radius 3 is 1.81 bits per heavy atom. The molecule has 0 atom stereocenters. The molecule has 2 heteroatoms. The van der Waals surface area contributed by atoms with Gasteiger partial charge in [-0.25, -0.2) is 0 Å². The molecule has 0 aromatic carbocycles. The van der Waals surface area contributed by atoms with E-state index in [0.717, 1.165) is 5.92 Å². The topological polar surface area (TPSA) is 0 Å². The van der Waals surface area contributed by atoms with Gasteiger partial charge in [0.25, 0.3) is 0 Å². The third kappa shape index (κ3) is 11.7. The van der Waals surface area contributed by atoms with Crippen molar-refractivity contribution in [2.24, 2.45) is 5.92 Å². The summed E-state index contributed by atoms with van der Waals surface area (Å²) < 4.78 is 2.67. The zero-order valence-electron chi connectivity index (χ0n) is 10.4. The van der Waals surface area contributed by atoms with E-state index in [4.69, 9.17) is 0 Å². The van der Waals surface area contributed by atoms with Crippen LogP contribution in [0.4, 0.5) is 0 Å². The first-order chi connectivity index (χ1) is 7.85. The van der Waals surface area contributed by atoms with Gasteiger partial charge in [-0.2, -0.15) is 0 Å². The molecule has 0 aromatic heterocycles. The first-order valence-electron chi connectivity index (χ1n) is 6.58. The lowest BCUT2D eigenvalue weighted by atomic mass is 10.0. The standard InChI is InChI=1S/C14H26I2/c1-2-3-4-5-6-7-8-9-10-11-14(12-15)13-16/h2,14H,1,3-13H2. The van der Waals surface area contributed by atoms with Gasteiger partial charge < -0.3 is 0 Å². The maximum Gasteiger partial charge on any atom is 0.00310 e. The van der Waals surface area contributed by atoms with E-state index < -0.39 is 0 Å². The van der Waals surface area contributed by atoms with E-state index in [9.17, 15) is 0 Å². The predicted octanol–water partition coefficient (Wildman–Crippen LogP) is 6.17. The van der Waals surface area contributed by atoms with E-state index in [2.05, 4.69) is 51.8 Å². The molecule has 0 aromatic rings. The van der Waals surface area contributed by atoms with E-state index in [0.29, 0.717) is 0 Å². The van der Waals surface area contributed by atoms with Crippen molar-refractivity contribution in [2.45, 2.75) is 57.8 Å². The SMILES string of the molecule is C=CCCCCCCCCCC(CI)CI. The molecule has 0 aliphatic rings. The van der Waals surface area contributed by atoms with E-state index >= 15 is 0 Å². The minimum atomic E-state index is 0.966. The quantitative estimate of drug-likeness (QED) is 0.145. The van der Waals surface area contributed by atoms with Crippen LogP contribution in [0.25, 0.3) is 0 Å². The predicted molar refractivity (Wildman–Crippen MR) is 93.0 cm³/mol. The lowest BCUT2D eigenvalue weighted by Crippen LogP contribution is -2.02. The Morgan fingerprint density at radius 2 is 1.31 bits per heavy atom. The molecule has 0 saturated heterocycles. The Morgan fingerprint density at radius 1 is 0.812 bits per heavy atom. The first kappa shape index (κ1) is 17.2. The van der Waals surface area contributed by atoms with Crippen LogP contribution in [-0.4, -0.2) is 8.86 Å². The summed E-state index contributed by atoms with van der Waals surface area (Å²) in [6, 6.07) is 0. The third-order valence-electron chi connectivity index (χ3n) is 2.96. The van der Waals surface area contributed by atoms with Crippen molar-refractivity contribution in [1.29, 1.82) is 0 Å². The van der Waals surface area contributed by atoms with Crippen LogP contribution >= 0.6 is 45.2 Å². The number of unbranched alkanes of at least 4 members (excludes halogenated alkanes) is 7. The molecule has 0 aliphatic carbocycles. The van der Waals surface area contributed by atoms with Crippen LogP contribution in [0.1, 0.15) is 57.8 Å². The maximum atomic E-state index is 3.75. The summed E-state index contributed by atoms with van der Waals surface area (Å²) in [5.41, 5.74) is 0. The molecule has 0 nitrogen and oxygen atoms in total. The lowest BCUT2D eigenvalue weighted by Gasteiger charge is -2.09. The highest BCUT2D eigenvalue weighted by Crippen LogP contribution is 2.16. The van der Waals surface area contributed by atoms with Crippen molar-refractivity contribution in [3.8, 4) is 0 Å². The Kier molecular flexibility index (Phi) is 15.3. The summed E-state index contributed by atoms with van der Waals surface area (Å²) in [7, 11) is 0. The van der Waals surface area contributed by atoms with Gasteiger partial charge in [-0.3, -0.25) is 0 Å². The monoisotopic (exact) mass is 448 g/mol. The Hall–Kier alpha value is 1.20. The molecular formula is C14H26I2. The van der Waals surface area contributed by atoms with Gasteiger partial charge in [0.15, 0.2) is 0 Å². The second kappa shape index (κ2) is 14.3. The van der Waals surface area contributed by atoms with Crippen LogP contribution in [0.15, 0.2) is 12.7 Å². The molecule has 0 spiro atoms. The summed E-state index contributed by atoms with van der Waals surface area (Å²) in [5.74, 6) is 0.966. The number of hydrogen-bond donors (Lipinski definition) is 0. The lowest BCUT2D eigenvalue weighted by molar-refractivity contribution is 0.525. The van der Waals surface area contributed by atoms with Gasteiger partial charge >= 0.3 is 0 Å². The minimum absolute atomic E-state index is 0.966. The van der Waals surface area contributed by atoms with Crippen LogP contribution in [0, 0.1) is 5.92 Å². The fourth-order valence-corrected chi connectivity index (χ4v) is 4.50. The highest BCUT2D eigenvalue weighted by molar-refractivity contribution is 14.1. The Balaban J connectivity index is 3.06. The Bertz CT molecular complexity index is 142. The number of allylic oxidation sites excluding steroid dienone is 1. The van der Waals surface area contributed by atoms with E-state index in [1.807, 2.05) is 6.08 Å². The minimum Gasteiger partial charge on any atom is -0.103 e. The zero-order valence-corrected chi connectivity index (χ0v) is 14.7. The molecule has 0 fully saturated rings. The average molecular weight is 448 g/mol. The average Bonchev–Trinajstić information content (AvgIpc) is 2.32. The van der Waals surface area contributed by atoms with E-state index in [1.54, 1.807) is 0 Å². The highest BCUT2D eigenvalue weighted by atomic mass is 127. The van der Waals surface area contributed by atoms with E-state index in [-0.39, 0.29) is 0 Å². The maximum absolute atomic E-state index is 3.75. The van der Waals surface area contributed by atoms with Crippen molar-refractivity contribution in [1.82, 2.24) is 0 Å². The fourth-order valence-electron chi connectivity index (χ4n) is 1.80. The van der Waals surface area contributed by atoms with Crippen LogP contribution in [0.3, 0.4) is 0 Å². The summed E-state index contributed by atoms with van der Waals surface area (Å²) in [4.78, 5) is 0. The smallest absolute Gasteiger partial charge is 0.00310 e. The number of hydrogen-bond acceptors (Lipinski definition) is 0. The summed E-state index contributed by atoms with van der Waals surface area (Å²) in [6.45, 7) is 3.75. The molecular weight excluding hydrogens is 422 g/mol. The van der Waals surface area contributed by atoms with Gasteiger partial charge in [0.1, 0.15) is 0 Å². The normalized spacial score (nSPS) is 10.9. The van der Waals surface area contributed by atoms with Crippen molar-refractivity contribution in [3.05, 3.63) is 12.7 Å². The molecule has 0 radical (unpaired) electrons. The van der Waals surface area contributed by atoms with Crippen LogP contribution < -0.4 is 0 Å². The summed E-state index contributed by atoms with van der Waals surface area (Å²) in [5, 5.41) is 0. The molecule has 0 saturated carbocycles. The van der Waals surface area contributed by atoms with Gasteiger partial charge in [-0.05, 0) is 25.2 Å². The second-order valence-corrected chi connectivity index (χ2v) is 6.28. The van der Waals surface area contributed by atoms with Crippen molar-refractivity contribution in [2.75, 3.05) is 8.86 Å². The number of halogens is 2. The molecule has 0 bridgehead atoms. The molecule has 0 aliphatic heterocycles.